The highest BCUT2D eigenvalue weighted by Gasteiger charge is 2.10. The van der Waals surface area contributed by atoms with Gasteiger partial charge in [-0.25, -0.2) is 0 Å². The van der Waals surface area contributed by atoms with Crippen LogP contribution in [-0.2, 0) is 0 Å². The monoisotopic (exact) mass is 319 g/mol. The molecule has 0 fully saturated rings. The van der Waals surface area contributed by atoms with Crippen LogP contribution < -0.4 is 10.5 Å². The minimum absolute atomic E-state index is 0.142. The summed E-state index contributed by atoms with van der Waals surface area (Å²) >= 11 is 3.51. The molecule has 1 atom stereocenters. The van der Waals surface area contributed by atoms with Crippen molar-refractivity contribution in [3.8, 4) is 5.75 Å². The summed E-state index contributed by atoms with van der Waals surface area (Å²) in [6, 6.07) is 14.1. The lowest BCUT2D eigenvalue weighted by Gasteiger charge is -2.15. The van der Waals surface area contributed by atoms with Gasteiger partial charge in [0.15, 0.2) is 0 Å². The Morgan fingerprint density at radius 1 is 1.16 bits per heavy atom. The number of benzene rings is 2. The van der Waals surface area contributed by atoms with E-state index in [1.165, 1.54) is 5.56 Å². The van der Waals surface area contributed by atoms with Crippen molar-refractivity contribution in [3.05, 3.63) is 63.6 Å². The lowest BCUT2D eigenvalue weighted by Crippen LogP contribution is -2.12. The zero-order valence-electron chi connectivity index (χ0n) is 11.2. The van der Waals surface area contributed by atoms with Crippen LogP contribution in [-0.4, -0.2) is 6.61 Å². The second-order valence-electron chi connectivity index (χ2n) is 4.55. The fourth-order valence-electron chi connectivity index (χ4n) is 2.10. The van der Waals surface area contributed by atoms with Gasteiger partial charge < -0.3 is 10.5 Å². The Hall–Kier alpha value is -1.32. The zero-order valence-corrected chi connectivity index (χ0v) is 12.8. The molecule has 0 heterocycles. The molecule has 0 spiro atoms. The maximum Gasteiger partial charge on any atom is 0.119 e. The van der Waals surface area contributed by atoms with E-state index < -0.39 is 0 Å². The molecule has 2 nitrogen and oxygen atoms in total. The molecule has 0 saturated heterocycles. The van der Waals surface area contributed by atoms with E-state index >= 15 is 0 Å². The van der Waals surface area contributed by atoms with Crippen LogP contribution in [0, 0.1) is 6.92 Å². The Labute approximate surface area is 122 Å². The van der Waals surface area contributed by atoms with E-state index in [-0.39, 0.29) is 6.04 Å². The summed E-state index contributed by atoms with van der Waals surface area (Å²) in [4.78, 5) is 0. The van der Waals surface area contributed by atoms with Gasteiger partial charge in [-0.05, 0) is 54.8 Å². The fraction of sp³-hybridized carbons (Fsp3) is 0.250. The first-order chi connectivity index (χ1) is 9.10. The highest BCUT2D eigenvalue weighted by atomic mass is 79.9. The van der Waals surface area contributed by atoms with Gasteiger partial charge in [-0.3, -0.25) is 0 Å². The van der Waals surface area contributed by atoms with Gasteiger partial charge in [0.05, 0.1) is 12.6 Å². The van der Waals surface area contributed by atoms with E-state index in [4.69, 9.17) is 10.5 Å². The van der Waals surface area contributed by atoms with Gasteiger partial charge in [0.25, 0.3) is 0 Å². The molecule has 2 aromatic rings. The minimum Gasteiger partial charge on any atom is -0.494 e. The van der Waals surface area contributed by atoms with E-state index in [2.05, 4.69) is 41.1 Å². The molecular formula is C16H18BrNO. The van der Waals surface area contributed by atoms with Crippen LogP contribution in [0.4, 0.5) is 0 Å². The fourth-order valence-corrected chi connectivity index (χ4v) is 2.73. The van der Waals surface area contributed by atoms with E-state index in [1.54, 1.807) is 0 Å². The van der Waals surface area contributed by atoms with Crippen LogP contribution in [0.1, 0.15) is 29.7 Å². The molecular weight excluding hydrogens is 302 g/mol. The van der Waals surface area contributed by atoms with Crippen LogP contribution in [0.5, 0.6) is 5.75 Å². The first-order valence-electron chi connectivity index (χ1n) is 6.35. The third-order valence-electron chi connectivity index (χ3n) is 2.95. The van der Waals surface area contributed by atoms with Gasteiger partial charge >= 0.3 is 0 Å². The summed E-state index contributed by atoms with van der Waals surface area (Å²) < 4.78 is 6.57. The summed E-state index contributed by atoms with van der Waals surface area (Å²) in [5, 5.41) is 0. The Kier molecular flexibility index (Phi) is 4.61. The smallest absolute Gasteiger partial charge is 0.119 e. The van der Waals surface area contributed by atoms with Crippen molar-refractivity contribution in [2.75, 3.05) is 6.61 Å². The number of hydrogen-bond donors (Lipinski definition) is 1. The van der Waals surface area contributed by atoms with Crippen molar-refractivity contribution < 1.29 is 4.74 Å². The molecule has 2 aromatic carbocycles. The second-order valence-corrected chi connectivity index (χ2v) is 5.46. The first kappa shape index (κ1) is 14.1. The van der Waals surface area contributed by atoms with E-state index in [0.29, 0.717) is 6.61 Å². The SMILES string of the molecule is CCOc1cccc(C(N)c2cc(C)cc(Br)c2)c1. The molecule has 0 aliphatic carbocycles. The number of ether oxygens (including phenoxy) is 1. The van der Waals surface area contributed by atoms with Crippen LogP contribution in [0.3, 0.4) is 0 Å². The molecule has 0 radical (unpaired) electrons. The predicted molar refractivity (Wildman–Crippen MR) is 82.5 cm³/mol. The number of nitrogens with two attached hydrogens (primary N) is 1. The molecule has 0 aliphatic heterocycles. The van der Waals surface area contributed by atoms with Crippen LogP contribution in [0.15, 0.2) is 46.9 Å². The Morgan fingerprint density at radius 2 is 1.95 bits per heavy atom. The lowest BCUT2D eigenvalue weighted by atomic mass is 9.98. The van der Waals surface area contributed by atoms with Gasteiger partial charge in [0.2, 0.25) is 0 Å². The number of aryl methyl sites for hydroxylation is 1. The summed E-state index contributed by atoms with van der Waals surface area (Å²) in [6.45, 7) is 4.70. The molecule has 0 saturated carbocycles. The lowest BCUT2D eigenvalue weighted by molar-refractivity contribution is 0.340. The molecule has 100 valence electrons. The molecule has 3 heteroatoms. The summed E-state index contributed by atoms with van der Waals surface area (Å²) in [5.41, 5.74) is 9.69. The predicted octanol–water partition coefficient (Wildman–Crippen LogP) is 4.20. The summed E-state index contributed by atoms with van der Waals surface area (Å²) in [6.07, 6.45) is 0. The number of halogens is 1. The van der Waals surface area contributed by atoms with Crippen LogP contribution in [0.25, 0.3) is 0 Å². The van der Waals surface area contributed by atoms with Gasteiger partial charge in [0, 0.05) is 4.47 Å². The Balaban J connectivity index is 2.32. The average molecular weight is 320 g/mol. The second kappa shape index (κ2) is 6.22. The van der Waals surface area contributed by atoms with Gasteiger partial charge in [0.1, 0.15) is 5.75 Å². The van der Waals surface area contributed by atoms with Gasteiger partial charge in [-0.15, -0.1) is 0 Å². The third kappa shape index (κ3) is 3.58. The largest absolute Gasteiger partial charge is 0.494 e. The van der Waals surface area contributed by atoms with E-state index in [0.717, 1.165) is 21.3 Å². The molecule has 2 N–H and O–H groups in total. The molecule has 19 heavy (non-hydrogen) atoms. The van der Waals surface area contributed by atoms with Crippen molar-refractivity contribution in [2.45, 2.75) is 19.9 Å². The normalized spacial score (nSPS) is 12.2. The molecule has 0 amide bonds. The Bertz CT molecular complexity index is 548. The number of hydrogen-bond acceptors (Lipinski definition) is 2. The standard InChI is InChI=1S/C16H18BrNO/c1-3-19-15-6-4-5-12(10-15)16(18)13-7-11(2)8-14(17)9-13/h4-10,16H,3,18H2,1-2H3. The molecule has 0 bridgehead atoms. The number of rotatable bonds is 4. The van der Waals surface area contributed by atoms with Crippen molar-refractivity contribution >= 4 is 15.9 Å². The van der Waals surface area contributed by atoms with E-state index in [9.17, 15) is 0 Å². The van der Waals surface area contributed by atoms with Crippen LogP contribution in [0.2, 0.25) is 0 Å². The molecule has 0 aromatic heterocycles. The van der Waals surface area contributed by atoms with Gasteiger partial charge in [-0.1, -0.05) is 34.1 Å². The average Bonchev–Trinajstić information content (AvgIpc) is 2.37. The van der Waals surface area contributed by atoms with Crippen molar-refractivity contribution in [3.63, 3.8) is 0 Å². The van der Waals surface area contributed by atoms with Crippen molar-refractivity contribution in [2.24, 2.45) is 5.73 Å². The van der Waals surface area contributed by atoms with Crippen molar-refractivity contribution in [1.82, 2.24) is 0 Å². The highest BCUT2D eigenvalue weighted by Crippen LogP contribution is 2.26. The molecule has 2 rings (SSSR count). The maximum absolute atomic E-state index is 6.34. The summed E-state index contributed by atoms with van der Waals surface area (Å²) in [7, 11) is 0. The maximum atomic E-state index is 6.34. The van der Waals surface area contributed by atoms with Crippen molar-refractivity contribution in [1.29, 1.82) is 0 Å². The molecule has 1 unspecified atom stereocenters. The van der Waals surface area contributed by atoms with Gasteiger partial charge in [-0.2, -0.15) is 0 Å². The third-order valence-corrected chi connectivity index (χ3v) is 3.41. The first-order valence-corrected chi connectivity index (χ1v) is 7.15. The Morgan fingerprint density at radius 3 is 2.63 bits per heavy atom. The van der Waals surface area contributed by atoms with Crippen LogP contribution >= 0.6 is 15.9 Å². The minimum atomic E-state index is -0.142. The zero-order chi connectivity index (χ0) is 13.8. The topological polar surface area (TPSA) is 35.2 Å². The highest BCUT2D eigenvalue weighted by molar-refractivity contribution is 9.10. The van der Waals surface area contributed by atoms with E-state index in [1.807, 2.05) is 31.2 Å². The molecule has 0 aliphatic rings. The summed E-state index contributed by atoms with van der Waals surface area (Å²) in [5.74, 6) is 0.863. The quantitative estimate of drug-likeness (QED) is 0.916.